The zero-order chi connectivity index (χ0) is 24.0. The Labute approximate surface area is 201 Å². The van der Waals surface area contributed by atoms with Crippen molar-refractivity contribution in [2.75, 3.05) is 19.7 Å². The average Bonchev–Trinajstić information content (AvgIpc) is 2.88. The molecule has 34 heavy (non-hydrogen) atoms. The number of amides is 1. The lowest BCUT2D eigenvalue weighted by Gasteiger charge is -2.42. The van der Waals surface area contributed by atoms with Crippen molar-refractivity contribution in [2.24, 2.45) is 5.92 Å². The molecule has 1 saturated heterocycles. The number of hydrogen-bond acceptors (Lipinski definition) is 4. The number of halogens is 1. The number of benzene rings is 2. The van der Waals surface area contributed by atoms with Crippen LogP contribution in [0.2, 0.25) is 0 Å². The van der Waals surface area contributed by atoms with Gasteiger partial charge < -0.3 is 10.1 Å². The molecule has 0 radical (unpaired) electrons. The Hall–Kier alpha value is -3.25. The van der Waals surface area contributed by atoms with Gasteiger partial charge in [0.05, 0.1) is 11.7 Å². The van der Waals surface area contributed by atoms with Crippen molar-refractivity contribution < 1.29 is 13.9 Å². The van der Waals surface area contributed by atoms with Gasteiger partial charge in [0.1, 0.15) is 18.2 Å². The first-order valence-electron chi connectivity index (χ1n) is 11.8. The van der Waals surface area contributed by atoms with E-state index in [1.54, 1.807) is 18.3 Å². The van der Waals surface area contributed by atoms with Crippen molar-refractivity contribution >= 4 is 5.91 Å². The number of rotatable bonds is 8. The zero-order valence-corrected chi connectivity index (χ0v) is 19.8. The smallest absolute Gasteiger partial charge is 0.224 e. The number of ether oxygens (including phenoxy) is 1. The van der Waals surface area contributed by atoms with E-state index in [-0.39, 0.29) is 23.2 Å². The van der Waals surface area contributed by atoms with Crippen LogP contribution in [0.15, 0.2) is 79.0 Å². The molecule has 1 N–H and O–H groups in total. The molecule has 5 nitrogen and oxygen atoms in total. The van der Waals surface area contributed by atoms with Crippen LogP contribution < -0.4 is 10.1 Å². The van der Waals surface area contributed by atoms with Crippen molar-refractivity contribution in [3.63, 3.8) is 0 Å². The summed E-state index contributed by atoms with van der Waals surface area (Å²) in [7, 11) is 0. The molecule has 4 rings (SSSR count). The van der Waals surface area contributed by atoms with Gasteiger partial charge >= 0.3 is 0 Å². The molecule has 6 heteroatoms. The van der Waals surface area contributed by atoms with Crippen molar-refractivity contribution in [1.82, 2.24) is 15.2 Å². The van der Waals surface area contributed by atoms with E-state index in [4.69, 9.17) is 4.74 Å². The van der Waals surface area contributed by atoms with Gasteiger partial charge in [-0.2, -0.15) is 0 Å². The molecule has 0 spiro atoms. The molecule has 1 atom stereocenters. The van der Waals surface area contributed by atoms with E-state index in [2.05, 4.69) is 29.0 Å². The second-order valence-electron chi connectivity index (χ2n) is 9.42. The van der Waals surface area contributed by atoms with Gasteiger partial charge in [-0.15, -0.1) is 0 Å². The fourth-order valence-electron chi connectivity index (χ4n) is 4.41. The first-order valence-corrected chi connectivity index (χ1v) is 11.8. The summed E-state index contributed by atoms with van der Waals surface area (Å²) in [5.41, 5.74) is 1.41. The summed E-state index contributed by atoms with van der Waals surface area (Å²) < 4.78 is 19.5. The largest absolute Gasteiger partial charge is 0.492 e. The van der Waals surface area contributed by atoms with Crippen molar-refractivity contribution in [2.45, 2.75) is 38.3 Å². The summed E-state index contributed by atoms with van der Waals surface area (Å²) in [6.07, 6.45) is 3.26. The van der Waals surface area contributed by atoms with Crippen LogP contribution in [0.25, 0.3) is 0 Å². The number of nitrogens with zero attached hydrogens (tertiary/aromatic N) is 2. The molecule has 2 aromatic carbocycles. The summed E-state index contributed by atoms with van der Waals surface area (Å²) in [6, 6.07) is 21.3. The van der Waals surface area contributed by atoms with E-state index in [0.29, 0.717) is 6.61 Å². The highest BCUT2D eigenvalue weighted by atomic mass is 19.1. The quantitative estimate of drug-likeness (QED) is 0.513. The molecule has 1 amide bonds. The second kappa shape index (κ2) is 10.8. The highest BCUT2D eigenvalue weighted by Gasteiger charge is 2.34. The third-order valence-corrected chi connectivity index (χ3v) is 6.53. The second-order valence-corrected chi connectivity index (χ2v) is 9.42. The first-order chi connectivity index (χ1) is 16.4. The number of para-hydroxylation sites is 1. The first kappa shape index (κ1) is 23.9. The Balaban J connectivity index is 1.36. The van der Waals surface area contributed by atoms with Gasteiger partial charge in [0.25, 0.3) is 0 Å². The van der Waals surface area contributed by atoms with Crippen molar-refractivity contribution in [1.29, 1.82) is 0 Å². The number of carbonyl (C=O) groups excluding carboxylic acids is 1. The maximum Gasteiger partial charge on any atom is 0.224 e. The van der Waals surface area contributed by atoms with Gasteiger partial charge in [-0.1, -0.05) is 36.4 Å². The molecule has 0 unspecified atom stereocenters. The van der Waals surface area contributed by atoms with Crippen LogP contribution in [0.1, 0.15) is 44.0 Å². The SMILES string of the molecule is CC(C)(COc1ccccc1)N1CCC(C(=O)N[C@H](c2ccc(F)cc2)c2ccccn2)CC1. The number of likely N-dealkylation sites (tertiary alicyclic amines) is 1. The predicted molar refractivity (Wildman–Crippen MR) is 131 cm³/mol. The minimum atomic E-state index is -0.414. The molecule has 0 aliphatic carbocycles. The van der Waals surface area contributed by atoms with Gasteiger partial charge in [-0.3, -0.25) is 14.7 Å². The normalized spacial score (nSPS) is 16.1. The molecule has 0 saturated carbocycles. The lowest BCUT2D eigenvalue weighted by molar-refractivity contribution is -0.127. The summed E-state index contributed by atoms with van der Waals surface area (Å²) in [5, 5.41) is 3.17. The van der Waals surface area contributed by atoms with Gasteiger partial charge in [-0.05, 0) is 81.7 Å². The molecule has 1 aromatic heterocycles. The number of piperidine rings is 1. The Morgan fingerprint density at radius 2 is 1.74 bits per heavy atom. The number of nitrogens with one attached hydrogen (secondary N) is 1. The molecule has 1 aliphatic rings. The molecule has 178 valence electrons. The van der Waals surface area contributed by atoms with Gasteiger partial charge in [0, 0.05) is 17.7 Å². The predicted octanol–water partition coefficient (Wildman–Crippen LogP) is 5.00. The van der Waals surface area contributed by atoms with Crippen molar-refractivity contribution in [3.8, 4) is 5.75 Å². The molecule has 0 bridgehead atoms. The molecular weight excluding hydrogens is 429 g/mol. The molecule has 3 aromatic rings. The monoisotopic (exact) mass is 461 g/mol. The van der Waals surface area contributed by atoms with E-state index in [1.807, 2.05) is 48.5 Å². The number of hydrogen-bond donors (Lipinski definition) is 1. The average molecular weight is 462 g/mol. The summed E-state index contributed by atoms with van der Waals surface area (Å²) in [4.78, 5) is 20.1. The number of aromatic nitrogens is 1. The van der Waals surface area contributed by atoms with Gasteiger partial charge in [-0.25, -0.2) is 4.39 Å². The zero-order valence-electron chi connectivity index (χ0n) is 19.8. The maximum atomic E-state index is 13.5. The maximum absolute atomic E-state index is 13.5. The lowest BCUT2D eigenvalue weighted by atomic mass is 9.91. The molecule has 1 aliphatic heterocycles. The standard InChI is InChI=1S/C28H32FN3O2/c1-28(2,20-34-24-8-4-3-5-9-24)32-18-15-22(16-19-32)27(33)31-26(25-10-6-7-17-30-25)21-11-13-23(29)14-12-21/h3-14,17,22,26H,15-16,18-20H2,1-2H3,(H,31,33)/t26-/m1/s1. The molecule has 2 heterocycles. The number of pyridine rings is 1. The minimum absolute atomic E-state index is 0.0120. The molecule has 1 fully saturated rings. The summed E-state index contributed by atoms with van der Waals surface area (Å²) >= 11 is 0. The van der Waals surface area contributed by atoms with Gasteiger partial charge in [0.15, 0.2) is 0 Å². The highest BCUT2D eigenvalue weighted by molar-refractivity contribution is 5.79. The Bertz CT molecular complexity index is 1050. The Kier molecular flexibility index (Phi) is 7.58. The highest BCUT2D eigenvalue weighted by Crippen LogP contribution is 2.27. The van der Waals surface area contributed by atoms with Crippen LogP contribution in [-0.2, 0) is 4.79 Å². The fourth-order valence-corrected chi connectivity index (χ4v) is 4.41. The fraction of sp³-hybridized carbons (Fsp3) is 0.357. The minimum Gasteiger partial charge on any atom is -0.492 e. The third-order valence-electron chi connectivity index (χ3n) is 6.53. The van der Waals surface area contributed by atoms with E-state index in [0.717, 1.165) is 42.9 Å². The number of carbonyl (C=O) groups is 1. The van der Waals surface area contributed by atoms with Crippen LogP contribution in [0.5, 0.6) is 5.75 Å². The summed E-state index contributed by atoms with van der Waals surface area (Å²) in [6.45, 7) is 6.60. The van der Waals surface area contributed by atoms with E-state index in [9.17, 15) is 9.18 Å². The van der Waals surface area contributed by atoms with Crippen LogP contribution >= 0.6 is 0 Å². The summed E-state index contributed by atoms with van der Waals surface area (Å²) in [5.74, 6) is 0.499. The third kappa shape index (κ3) is 6.00. The van der Waals surface area contributed by atoms with E-state index in [1.165, 1.54) is 12.1 Å². The van der Waals surface area contributed by atoms with E-state index >= 15 is 0 Å². The molecular formula is C28H32FN3O2. The topological polar surface area (TPSA) is 54.5 Å². The van der Waals surface area contributed by atoms with Crippen LogP contribution in [0.3, 0.4) is 0 Å². The van der Waals surface area contributed by atoms with Crippen LogP contribution in [0, 0.1) is 11.7 Å². The van der Waals surface area contributed by atoms with Crippen molar-refractivity contribution in [3.05, 3.63) is 96.1 Å². The van der Waals surface area contributed by atoms with Crippen LogP contribution in [0.4, 0.5) is 4.39 Å². The van der Waals surface area contributed by atoms with Crippen LogP contribution in [-0.4, -0.2) is 41.0 Å². The lowest BCUT2D eigenvalue weighted by Crippen LogP contribution is -2.53. The van der Waals surface area contributed by atoms with E-state index < -0.39 is 6.04 Å². The Morgan fingerprint density at radius 3 is 2.38 bits per heavy atom. The van der Waals surface area contributed by atoms with Gasteiger partial charge in [0.2, 0.25) is 5.91 Å². The Morgan fingerprint density at radius 1 is 1.06 bits per heavy atom.